The van der Waals surface area contributed by atoms with Crippen molar-refractivity contribution < 1.29 is 17.9 Å². The minimum Gasteiger partial charge on any atom is -0.496 e. The molecule has 0 atom stereocenters. The van der Waals surface area contributed by atoms with E-state index in [0.717, 1.165) is 6.07 Å². The highest BCUT2D eigenvalue weighted by atomic mass is 35.5. The fourth-order valence-corrected chi connectivity index (χ4v) is 1.30. The van der Waals surface area contributed by atoms with E-state index in [1.165, 1.54) is 19.2 Å². The average molecular weight is 255 g/mol. The van der Waals surface area contributed by atoms with Crippen LogP contribution in [0.2, 0.25) is 0 Å². The Labute approximate surface area is 94.8 Å². The minimum atomic E-state index is -4.48. The molecule has 0 amide bonds. The molecule has 1 nitrogen and oxygen atoms in total. The molecular formula is C9H6ClF3OS. The molecule has 0 N–H and O–H groups in total. The lowest BCUT2D eigenvalue weighted by atomic mass is 10.1. The van der Waals surface area contributed by atoms with Gasteiger partial charge in [0.05, 0.1) is 12.7 Å². The molecule has 1 aromatic rings. The molecule has 0 saturated carbocycles. The van der Waals surface area contributed by atoms with Crippen molar-refractivity contribution in [2.45, 2.75) is 6.18 Å². The van der Waals surface area contributed by atoms with E-state index in [2.05, 4.69) is 17.0 Å². The third-order valence-electron chi connectivity index (χ3n) is 1.73. The Morgan fingerprint density at radius 3 is 2.40 bits per heavy atom. The molecule has 0 fully saturated rings. The third kappa shape index (κ3) is 2.82. The van der Waals surface area contributed by atoms with E-state index >= 15 is 0 Å². The number of alkyl halides is 3. The number of hydrogen-bond acceptors (Lipinski definition) is 2. The van der Waals surface area contributed by atoms with E-state index in [1.54, 1.807) is 0 Å². The van der Waals surface area contributed by atoms with Gasteiger partial charge in [-0.2, -0.15) is 13.2 Å². The van der Waals surface area contributed by atoms with Crippen LogP contribution in [0.4, 0.5) is 13.2 Å². The lowest BCUT2D eigenvalue weighted by Gasteiger charge is -2.12. The van der Waals surface area contributed by atoms with Crippen LogP contribution in [-0.4, -0.2) is 11.4 Å². The molecule has 15 heavy (non-hydrogen) atoms. The summed E-state index contributed by atoms with van der Waals surface area (Å²) in [4.78, 5) is 0. The summed E-state index contributed by atoms with van der Waals surface area (Å²) in [5, 5.41) is 0. The highest BCUT2D eigenvalue weighted by Crippen LogP contribution is 2.36. The van der Waals surface area contributed by atoms with Crippen molar-refractivity contribution in [3.8, 4) is 5.75 Å². The van der Waals surface area contributed by atoms with Gasteiger partial charge in [0, 0.05) is 5.56 Å². The molecule has 1 rings (SSSR count). The first-order valence-corrected chi connectivity index (χ1v) is 4.60. The molecule has 0 aliphatic heterocycles. The number of benzene rings is 1. The highest BCUT2D eigenvalue weighted by Gasteiger charge is 2.34. The predicted octanol–water partition coefficient (Wildman–Crippen LogP) is 3.63. The van der Waals surface area contributed by atoms with Crippen molar-refractivity contribution in [1.29, 1.82) is 0 Å². The van der Waals surface area contributed by atoms with Gasteiger partial charge in [-0.1, -0.05) is 23.8 Å². The minimum absolute atomic E-state index is 0.108. The zero-order valence-electron chi connectivity index (χ0n) is 7.56. The fraction of sp³-hybridized carbons (Fsp3) is 0.222. The Kier molecular flexibility index (Phi) is 3.57. The maximum absolute atomic E-state index is 12.5. The van der Waals surface area contributed by atoms with E-state index in [0.29, 0.717) is 0 Å². The van der Waals surface area contributed by atoms with Gasteiger partial charge in [-0.05, 0) is 18.2 Å². The first-order chi connectivity index (χ1) is 6.86. The van der Waals surface area contributed by atoms with Crippen LogP contribution in [0.3, 0.4) is 0 Å². The molecule has 0 unspecified atom stereocenters. The number of rotatable bonds is 2. The van der Waals surface area contributed by atoms with Crippen LogP contribution in [0.1, 0.15) is 11.1 Å². The van der Waals surface area contributed by atoms with Crippen molar-refractivity contribution >= 4 is 28.1 Å². The fourth-order valence-electron chi connectivity index (χ4n) is 1.05. The largest absolute Gasteiger partial charge is 0.496 e. The number of thiocarbonyl (C=S) groups is 1. The van der Waals surface area contributed by atoms with Crippen molar-refractivity contribution in [2.75, 3.05) is 7.11 Å². The smallest absolute Gasteiger partial charge is 0.419 e. The van der Waals surface area contributed by atoms with E-state index < -0.39 is 11.7 Å². The second-order valence-electron chi connectivity index (χ2n) is 2.69. The second kappa shape index (κ2) is 4.37. The number of ether oxygens (including phenoxy) is 1. The number of methoxy groups -OCH3 is 1. The number of hydrogen-bond donors (Lipinski definition) is 0. The second-order valence-corrected chi connectivity index (χ2v) is 3.70. The summed E-state index contributed by atoms with van der Waals surface area (Å²) in [6.07, 6.45) is -4.48. The van der Waals surface area contributed by atoms with Crippen LogP contribution >= 0.6 is 23.8 Å². The first kappa shape index (κ1) is 12.3. The van der Waals surface area contributed by atoms with Crippen molar-refractivity contribution in [2.24, 2.45) is 0 Å². The van der Waals surface area contributed by atoms with Gasteiger partial charge >= 0.3 is 6.18 Å². The maximum atomic E-state index is 12.5. The summed E-state index contributed by atoms with van der Waals surface area (Å²) < 4.78 is 42.0. The molecule has 0 saturated heterocycles. The monoisotopic (exact) mass is 254 g/mol. The van der Waals surface area contributed by atoms with Gasteiger partial charge in [0.15, 0.2) is 0 Å². The molecular weight excluding hydrogens is 249 g/mol. The first-order valence-electron chi connectivity index (χ1n) is 3.81. The molecule has 0 radical (unpaired) electrons. The van der Waals surface area contributed by atoms with E-state index in [-0.39, 0.29) is 15.6 Å². The van der Waals surface area contributed by atoms with Crippen LogP contribution in [0, 0.1) is 0 Å². The summed E-state index contributed by atoms with van der Waals surface area (Å²) in [7, 11) is 1.17. The molecule has 0 heterocycles. The molecule has 0 spiro atoms. The predicted molar refractivity (Wildman–Crippen MR) is 55.5 cm³/mol. The van der Waals surface area contributed by atoms with Crippen LogP contribution in [0.15, 0.2) is 18.2 Å². The highest BCUT2D eigenvalue weighted by molar-refractivity contribution is 7.83. The van der Waals surface area contributed by atoms with E-state index in [4.69, 9.17) is 11.6 Å². The topological polar surface area (TPSA) is 9.23 Å². The summed E-state index contributed by atoms with van der Waals surface area (Å²) in [6, 6.07) is 3.43. The van der Waals surface area contributed by atoms with Gasteiger partial charge in [0.1, 0.15) is 10.1 Å². The summed E-state index contributed by atoms with van der Waals surface area (Å²) in [5.74, 6) is -0.251. The Balaban J connectivity index is 3.32. The van der Waals surface area contributed by atoms with Crippen LogP contribution in [0.5, 0.6) is 5.75 Å². The SMILES string of the molecule is COc1ccc(C(=S)Cl)cc1C(F)(F)F. The molecule has 0 aliphatic carbocycles. The molecule has 0 aliphatic rings. The Hall–Kier alpha value is -0.810. The van der Waals surface area contributed by atoms with Gasteiger partial charge in [0.2, 0.25) is 0 Å². The normalized spacial score (nSPS) is 11.3. The quantitative estimate of drug-likeness (QED) is 0.589. The van der Waals surface area contributed by atoms with Crippen LogP contribution in [-0.2, 0) is 6.18 Å². The summed E-state index contributed by atoms with van der Waals surface area (Å²) in [5.41, 5.74) is -0.731. The van der Waals surface area contributed by atoms with Crippen molar-refractivity contribution in [3.05, 3.63) is 29.3 Å². The lowest BCUT2D eigenvalue weighted by Crippen LogP contribution is -2.08. The Morgan fingerprint density at radius 1 is 1.40 bits per heavy atom. The van der Waals surface area contributed by atoms with Crippen LogP contribution < -0.4 is 4.74 Å². The maximum Gasteiger partial charge on any atom is 0.419 e. The third-order valence-corrected chi connectivity index (χ3v) is 2.19. The van der Waals surface area contributed by atoms with Crippen molar-refractivity contribution in [1.82, 2.24) is 0 Å². The molecule has 0 bridgehead atoms. The summed E-state index contributed by atoms with van der Waals surface area (Å²) in [6.45, 7) is 0. The lowest BCUT2D eigenvalue weighted by molar-refractivity contribution is -0.138. The van der Waals surface area contributed by atoms with Gasteiger partial charge in [-0.15, -0.1) is 0 Å². The molecule has 0 aromatic heterocycles. The standard InChI is InChI=1S/C9H6ClF3OS/c1-14-7-3-2-5(8(10)15)4-6(7)9(11,12)13/h2-4H,1H3. The van der Waals surface area contributed by atoms with E-state index in [9.17, 15) is 13.2 Å². The zero-order valence-corrected chi connectivity index (χ0v) is 9.13. The van der Waals surface area contributed by atoms with Crippen LogP contribution in [0.25, 0.3) is 0 Å². The summed E-state index contributed by atoms with van der Waals surface area (Å²) >= 11 is 10.0. The molecule has 1 aromatic carbocycles. The van der Waals surface area contributed by atoms with Gasteiger partial charge in [-0.3, -0.25) is 0 Å². The van der Waals surface area contributed by atoms with Gasteiger partial charge in [0.25, 0.3) is 0 Å². The van der Waals surface area contributed by atoms with Gasteiger partial charge < -0.3 is 4.74 Å². The zero-order chi connectivity index (χ0) is 11.6. The van der Waals surface area contributed by atoms with Crippen molar-refractivity contribution in [3.63, 3.8) is 0 Å². The van der Waals surface area contributed by atoms with Gasteiger partial charge in [-0.25, -0.2) is 0 Å². The molecule has 6 heteroatoms. The Morgan fingerprint density at radius 2 is 2.00 bits per heavy atom. The Bertz CT molecular complexity index is 389. The average Bonchev–Trinajstić information content (AvgIpc) is 2.15. The number of halogens is 4. The molecule has 82 valence electrons. The van der Waals surface area contributed by atoms with E-state index in [1.807, 2.05) is 0 Å².